The van der Waals surface area contributed by atoms with Crippen molar-refractivity contribution in [2.45, 2.75) is 13.8 Å². The Bertz CT molecular complexity index is 1560. The van der Waals surface area contributed by atoms with Crippen LogP contribution in [0.25, 0.3) is 22.4 Å². The van der Waals surface area contributed by atoms with Crippen LogP contribution in [-0.4, -0.2) is 35.4 Å². The lowest BCUT2D eigenvalue weighted by Gasteiger charge is -2.12. The Morgan fingerprint density at radius 1 is 1.06 bits per heavy atom. The van der Waals surface area contributed by atoms with Crippen molar-refractivity contribution in [3.63, 3.8) is 0 Å². The van der Waals surface area contributed by atoms with Crippen LogP contribution in [0.2, 0.25) is 5.02 Å². The van der Waals surface area contributed by atoms with Gasteiger partial charge in [-0.1, -0.05) is 23.7 Å². The number of H-pyrrole nitrogens is 1. The van der Waals surface area contributed by atoms with Crippen LogP contribution < -0.4 is 10.9 Å². The van der Waals surface area contributed by atoms with Gasteiger partial charge < -0.3 is 10.3 Å². The van der Waals surface area contributed by atoms with Crippen LogP contribution in [0.4, 0.5) is 5.69 Å². The molecule has 10 heteroatoms. The summed E-state index contributed by atoms with van der Waals surface area (Å²) in [6.07, 6.45) is 2.77. The third-order valence-corrected chi connectivity index (χ3v) is 5.88. The highest BCUT2D eigenvalue weighted by molar-refractivity contribution is 6.31. The number of aromatic nitrogens is 6. The van der Waals surface area contributed by atoms with Crippen molar-refractivity contribution in [1.82, 2.24) is 29.5 Å². The molecule has 0 aliphatic carbocycles. The number of amides is 1. The van der Waals surface area contributed by atoms with E-state index in [2.05, 4.69) is 25.5 Å². The van der Waals surface area contributed by atoms with Gasteiger partial charge in [-0.05, 0) is 50.2 Å². The number of carbonyl (C=O) groups is 1. The molecule has 0 aliphatic heterocycles. The van der Waals surface area contributed by atoms with Crippen molar-refractivity contribution < 1.29 is 4.79 Å². The highest BCUT2D eigenvalue weighted by atomic mass is 35.5. The van der Waals surface area contributed by atoms with Crippen molar-refractivity contribution in [3.05, 3.63) is 93.4 Å². The Hall–Kier alpha value is -4.24. The molecule has 33 heavy (non-hydrogen) atoms. The lowest BCUT2D eigenvalue weighted by Crippen LogP contribution is -2.14. The van der Waals surface area contributed by atoms with Crippen LogP contribution >= 0.6 is 11.6 Å². The van der Waals surface area contributed by atoms with Crippen LogP contribution in [0.1, 0.15) is 21.7 Å². The molecule has 2 aromatic carbocycles. The van der Waals surface area contributed by atoms with Crippen LogP contribution in [0.5, 0.6) is 0 Å². The third-order valence-electron chi connectivity index (χ3n) is 5.33. The Morgan fingerprint density at radius 3 is 2.55 bits per heavy atom. The first-order valence-electron chi connectivity index (χ1n) is 10.1. The third kappa shape index (κ3) is 3.58. The van der Waals surface area contributed by atoms with Crippen molar-refractivity contribution >= 4 is 34.2 Å². The summed E-state index contributed by atoms with van der Waals surface area (Å²) in [4.78, 5) is 31.7. The first kappa shape index (κ1) is 20.7. The zero-order valence-electron chi connectivity index (χ0n) is 17.7. The Morgan fingerprint density at radius 2 is 1.82 bits per heavy atom. The van der Waals surface area contributed by atoms with E-state index in [9.17, 15) is 9.59 Å². The van der Waals surface area contributed by atoms with Gasteiger partial charge in [0.2, 0.25) is 0 Å². The molecule has 0 unspecified atom stereocenters. The van der Waals surface area contributed by atoms with Crippen molar-refractivity contribution in [3.8, 4) is 11.4 Å². The summed E-state index contributed by atoms with van der Waals surface area (Å²) in [6, 6.07) is 14.3. The van der Waals surface area contributed by atoms with Gasteiger partial charge in [-0.3, -0.25) is 9.59 Å². The lowest BCUT2D eigenvalue weighted by atomic mass is 10.1. The van der Waals surface area contributed by atoms with Crippen LogP contribution in [0, 0.1) is 13.8 Å². The second-order valence-corrected chi connectivity index (χ2v) is 7.82. The number of hydrogen-bond donors (Lipinski definition) is 2. The average Bonchev–Trinajstić information content (AvgIpc) is 3.37. The quantitative estimate of drug-likeness (QED) is 0.424. The number of fused-ring (bicyclic) bond motifs is 1. The molecule has 2 N–H and O–H groups in total. The van der Waals surface area contributed by atoms with Crippen molar-refractivity contribution in [2.24, 2.45) is 0 Å². The van der Waals surface area contributed by atoms with Crippen LogP contribution in [0.15, 0.2) is 65.8 Å². The van der Waals surface area contributed by atoms with Gasteiger partial charge in [0.05, 0.1) is 46.0 Å². The summed E-state index contributed by atoms with van der Waals surface area (Å²) < 4.78 is 3.27. The maximum Gasteiger partial charge on any atom is 0.261 e. The molecule has 3 heterocycles. The monoisotopic (exact) mass is 459 g/mol. The number of halogens is 1. The summed E-state index contributed by atoms with van der Waals surface area (Å²) >= 11 is 6.24. The van der Waals surface area contributed by atoms with E-state index in [0.717, 1.165) is 17.1 Å². The van der Waals surface area contributed by atoms with Crippen molar-refractivity contribution in [2.75, 3.05) is 5.32 Å². The number of nitrogens with one attached hydrogen (secondary N) is 2. The fourth-order valence-electron chi connectivity index (χ4n) is 3.62. The van der Waals surface area contributed by atoms with Gasteiger partial charge >= 0.3 is 0 Å². The number of anilines is 1. The number of aromatic amines is 1. The molecule has 0 bridgehead atoms. The van der Waals surface area contributed by atoms with E-state index >= 15 is 0 Å². The van der Waals surface area contributed by atoms with Gasteiger partial charge in [-0.2, -0.15) is 10.2 Å². The SMILES string of the molecule is Cc1nn(-c2ccc(C(=O)Nc3ccccc3-n3ncc4c(=O)[nH]cnc43)cc2)c(C)c1Cl. The topological polar surface area (TPSA) is 110 Å². The lowest BCUT2D eigenvalue weighted by molar-refractivity contribution is 0.102. The van der Waals surface area contributed by atoms with Gasteiger partial charge in [0.25, 0.3) is 11.5 Å². The fourth-order valence-corrected chi connectivity index (χ4v) is 3.74. The minimum absolute atomic E-state index is 0.281. The molecular formula is C23H18ClN7O2. The molecule has 0 spiro atoms. The average molecular weight is 460 g/mol. The molecule has 164 valence electrons. The molecule has 0 saturated carbocycles. The van der Waals surface area contributed by atoms with E-state index in [0.29, 0.717) is 33.0 Å². The normalized spacial score (nSPS) is 11.1. The summed E-state index contributed by atoms with van der Waals surface area (Å²) in [6.45, 7) is 3.74. The Labute approximate surface area is 192 Å². The molecule has 0 saturated heterocycles. The van der Waals surface area contributed by atoms with E-state index in [-0.39, 0.29) is 11.5 Å². The Kier molecular flexibility index (Phi) is 5.02. The molecule has 1 amide bonds. The van der Waals surface area contributed by atoms with Crippen LogP contribution in [-0.2, 0) is 0 Å². The number of carbonyl (C=O) groups excluding carboxylic acids is 1. The van der Waals surface area contributed by atoms with Gasteiger partial charge in [-0.25, -0.2) is 14.3 Å². The van der Waals surface area contributed by atoms with E-state index in [1.807, 2.05) is 32.0 Å². The Balaban J connectivity index is 1.45. The van der Waals surface area contributed by atoms with Crippen molar-refractivity contribution in [1.29, 1.82) is 0 Å². The summed E-state index contributed by atoms with van der Waals surface area (Å²) in [5, 5.41) is 12.6. The maximum absolute atomic E-state index is 13.0. The summed E-state index contributed by atoms with van der Waals surface area (Å²) in [5.41, 5.74) is 4.09. The van der Waals surface area contributed by atoms with E-state index < -0.39 is 0 Å². The molecule has 0 fully saturated rings. The minimum atomic E-state index is -0.289. The van der Waals surface area contributed by atoms with Crippen LogP contribution in [0.3, 0.4) is 0 Å². The molecule has 3 aromatic heterocycles. The van der Waals surface area contributed by atoms with E-state index in [1.165, 1.54) is 17.2 Å². The molecule has 5 aromatic rings. The first-order chi connectivity index (χ1) is 15.9. The molecule has 0 radical (unpaired) electrons. The highest BCUT2D eigenvalue weighted by Gasteiger charge is 2.15. The van der Waals surface area contributed by atoms with Gasteiger partial charge in [0.15, 0.2) is 5.65 Å². The summed E-state index contributed by atoms with van der Waals surface area (Å²) in [7, 11) is 0. The van der Waals surface area contributed by atoms with E-state index in [1.54, 1.807) is 35.0 Å². The first-order valence-corrected chi connectivity index (χ1v) is 10.5. The molecule has 9 nitrogen and oxygen atoms in total. The van der Waals surface area contributed by atoms with Gasteiger partial charge in [0.1, 0.15) is 5.39 Å². The van der Waals surface area contributed by atoms with Gasteiger partial charge in [0, 0.05) is 5.56 Å². The largest absolute Gasteiger partial charge is 0.320 e. The maximum atomic E-state index is 13.0. The molecular weight excluding hydrogens is 442 g/mol. The number of aryl methyl sites for hydroxylation is 1. The van der Waals surface area contributed by atoms with E-state index in [4.69, 9.17) is 11.6 Å². The number of benzene rings is 2. The predicted molar refractivity (Wildman–Crippen MR) is 125 cm³/mol. The summed E-state index contributed by atoms with van der Waals surface area (Å²) in [5.74, 6) is -0.289. The molecule has 0 atom stereocenters. The van der Waals surface area contributed by atoms with Gasteiger partial charge in [-0.15, -0.1) is 0 Å². The highest BCUT2D eigenvalue weighted by Crippen LogP contribution is 2.24. The minimum Gasteiger partial charge on any atom is -0.320 e. The number of nitrogens with zero attached hydrogens (tertiary/aromatic N) is 5. The second-order valence-electron chi connectivity index (χ2n) is 7.44. The zero-order valence-corrected chi connectivity index (χ0v) is 18.5. The molecule has 5 rings (SSSR count). The second kappa shape index (κ2) is 8.03. The molecule has 0 aliphatic rings. The fraction of sp³-hybridized carbons (Fsp3) is 0.0870. The number of hydrogen-bond acceptors (Lipinski definition) is 5. The number of rotatable bonds is 4. The number of para-hydroxylation sites is 2. The zero-order chi connectivity index (χ0) is 23.1. The predicted octanol–water partition coefficient (Wildman–Crippen LogP) is 3.82. The standard InChI is InChI=1S/C23H18ClN7O2/c1-13-20(24)14(2)30(29-13)16-9-7-15(8-10-16)22(32)28-18-5-3-4-6-19(18)31-21-17(11-27-31)23(33)26-12-25-21/h3-12H,1-2H3,(H,28,32)(H,25,26,33). The smallest absolute Gasteiger partial charge is 0.261 e.